The molecule has 0 spiro atoms. The molecule has 1 heterocycles. The molecule has 0 radical (unpaired) electrons. The average Bonchev–Trinajstić information content (AvgIpc) is 3.07. The number of carbonyl (C=O) groups excluding carboxylic acids is 2. The van der Waals surface area contributed by atoms with Crippen LogP contribution in [0.4, 0.5) is 23.7 Å². The minimum Gasteiger partial charge on any atom is -0.442 e. The molecule has 0 aromatic heterocycles. The number of rotatable bonds is 7. The van der Waals surface area contributed by atoms with Crippen molar-refractivity contribution in [2.45, 2.75) is 13.0 Å². The molecule has 1 atom stereocenters. The molecule has 1 fully saturated rings. The molecule has 1 N–H and O–H groups in total. The summed E-state index contributed by atoms with van der Waals surface area (Å²) in [4.78, 5) is 24.1. The second-order valence-corrected chi connectivity index (χ2v) is 8.64. The van der Waals surface area contributed by atoms with Gasteiger partial charge in [0.15, 0.2) is 0 Å². The average molecular weight is 485 g/mol. The van der Waals surface area contributed by atoms with Crippen molar-refractivity contribution in [2.24, 2.45) is 5.16 Å². The molecular weight excluding hydrogens is 467 g/mol. The Bertz CT molecular complexity index is 1210. The van der Waals surface area contributed by atoms with Gasteiger partial charge in [-0.05, 0) is 29.8 Å². The first-order valence-electron chi connectivity index (χ1n) is 9.38. The normalized spacial score (nSPS) is 16.2. The summed E-state index contributed by atoms with van der Waals surface area (Å²) in [7, 11) is -3.87. The summed E-state index contributed by atoms with van der Waals surface area (Å²) in [6.45, 7) is 1.31. The fourth-order valence-electron chi connectivity index (χ4n) is 3.03. The zero-order chi connectivity index (χ0) is 24.3. The topological polar surface area (TPSA) is 114 Å². The Morgan fingerprint density at radius 3 is 2.48 bits per heavy atom. The molecule has 0 bridgehead atoms. The van der Waals surface area contributed by atoms with E-state index >= 15 is 0 Å². The largest absolute Gasteiger partial charge is 0.442 e. The van der Waals surface area contributed by atoms with Crippen LogP contribution >= 0.6 is 0 Å². The lowest BCUT2D eigenvalue weighted by atomic mass is 10.0. The SMILES string of the molecule is CC(=O)NC[C@H]1CN(c2cc(F)c(-c3ccc(C=NOS(C)(=O)=O)c(F)c3)c(F)c2)C(=O)O1. The van der Waals surface area contributed by atoms with Gasteiger partial charge in [-0.25, -0.2) is 18.0 Å². The lowest BCUT2D eigenvalue weighted by molar-refractivity contribution is -0.119. The van der Waals surface area contributed by atoms with Gasteiger partial charge >= 0.3 is 16.2 Å². The van der Waals surface area contributed by atoms with Crippen molar-refractivity contribution in [3.8, 4) is 11.1 Å². The summed E-state index contributed by atoms with van der Waals surface area (Å²) in [6, 6.07) is 5.01. The molecule has 0 aliphatic carbocycles. The Morgan fingerprint density at radius 1 is 1.24 bits per heavy atom. The number of hydrogen-bond acceptors (Lipinski definition) is 7. The highest BCUT2D eigenvalue weighted by Crippen LogP contribution is 2.32. The number of benzene rings is 2. The van der Waals surface area contributed by atoms with Crippen molar-refractivity contribution in [2.75, 3.05) is 24.2 Å². The Balaban J connectivity index is 1.83. The van der Waals surface area contributed by atoms with E-state index in [1.165, 1.54) is 13.0 Å². The van der Waals surface area contributed by atoms with E-state index in [1.807, 2.05) is 0 Å². The van der Waals surface area contributed by atoms with Crippen LogP contribution in [-0.4, -0.2) is 52.1 Å². The van der Waals surface area contributed by atoms with Gasteiger partial charge in [0.25, 0.3) is 0 Å². The molecule has 1 saturated heterocycles. The highest BCUT2D eigenvalue weighted by atomic mass is 32.2. The first-order chi connectivity index (χ1) is 15.4. The highest BCUT2D eigenvalue weighted by molar-refractivity contribution is 7.85. The van der Waals surface area contributed by atoms with E-state index in [1.54, 1.807) is 0 Å². The smallest absolute Gasteiger partial charge is 0.414 e. The van der Waals surface area contributed by atoms with Crippen LogP contribution in [-0.2, 0) is 23.9 Å². The van der Waals surface area contributed by atoms with Gasteiger partial charge in [0, 0.05) is 12.5 Å². The summed E-state index contributed by atoms with van der Waals surface area (Å²) in [5, 5.41) is 5.62. The van der Waals surface area contributed by atoms with Crippen LogP contribution in [0.3, 0.4) is 0 Å². The molecule has 1 aliphatic rings. The zero-order valence-corrected chi connectivity index (χ0v) is 18.2. The third-order valence-corrected chi connectivity index (χ3v) is 4.81. The minimum atomic E-state index is -3.87. The Morgan fingerprint density at radius 2 is 1.91 bits per heavy atom. The van der Waals surface area contributed by atoms with E-state index in [0.29, 0.717) is 0 Å². The Labute approximate surface area is 186 Å². The van der Waals surface area contributed by atoms with Crippen molar-refractivity contribution in [1.82, 2.24) is 5.32 Å². The number of nitrogens with one attached hydrogen (secondary N) is 1. The number of amides is 2. The number of oxime groups is 1. The van der Waals surface area contributed by atoms with Gasteiger partial charge in [-0.15, -0.1) is 0 Å². The molecule has 1 aliphatic heterocycles. The summed E-state index contributed by atoms with van der Waals surface area (Å²) < 4.78 is 74.9. The second-order valence-electron chi connectivity index (χ2n) is 7.09. The van der Waals surface area contributed by atoms with Crippen LogP contribution in [0.5, 0.6) is 0 Å². The quantitative estimate of drug-likeness (QED) is 0.476. The maximum Gasteiger partial charge on any atom is 0.414 e. The maximum absolute atomic E-state index is 14.8. The molecule has 2 aromatic carbocycles. The number of hydrogen-bond donors (Lipinski definition) is 1. The molecular formula is C20H18F3N3O6S. The van der Waals surface area contributed by atoms with E-state index < -0.39 is 45.3 Å². The van der Waals surface area contributed by atoms with Crippen LogP contribution in [0.2, 0.25) is 0 Å². The predicted molar refractivity (Wildman–Crippen MR) is 112 cm³/mol. The van der Waals surface area contributed by atoms with Crippen molar-refractivity contribution >= 4 is 34.0 Å². The Kier molecular flexibility index (Phi) is 6.91. The van der Waals surface area contributed by atoms with Crippen molar-refractivity contribution in [3.63, 3.8) is 0 Å². The van der Waals surface area contributed by atoms with Crippen LogP contribution in [0.15, 0.2) is 35.5 Å². The number of halogens is 3. The minimum absolute atomic E-state index is 0.0322. The lowest BCUT2D eigenvalue weighted by Crippen LogP contribution is -2.33. The van der Waals surface area contributed by atoms with E-state index in [9.17, 15) is 31.2 Å². The van der Waals surface area contributed by atoms with Gasteiger partial charge in [0.2, 0.25) is 5.91 Å². The number of carbonyl (C=O) groups is 2. The number of cyclic esters (lactones) is 1. The molecule has 2 amide bonds. The summed E-state index contributed by atoms with van der Waals surface area (Å²) in [6.07, 6.45) is 0.0289. The molecule has 176 valence electrons. The standard InChI is InChI=1S/C20H18F3N3O6S/c1-11(27)24-9-15-10-26(20(28)31-15)14-6-17(22)19(18(23)7-14)12-3-4-13(16(21)5-12)8-25-32-33(2,29)30/h3-8,15H,9-10H2,1-2H3,(H,24,27)/t15-/m0/s1. The second kappa shape index (κ2) is 9.48. The van der Waals surface area contributed by atoms with Crippen molar-refractivity contribution in [1.29, 1.82) is 0 Å². The van der Waals surface area contributed by atoms with Gasteiger partial charge in [-0.1, -0.05) is 11.2 Å². The lowest BCUT2D eigenvalue weighted by Gasteiger charge is -2.15. The fourth-order valence-corrected chi connectivity index (χ4v) is 3.23. The zero-order valence-electron chi connectivity index (χ0n) is 17.3. The summed E-state index contributed by atoms with van der Waals surface area (Å²) >= 11 is 0. The van der Waals surface area contributed by atoms with Gasteiger partial charge in [-0.3, -0.25) is 14.0 Å². The van der Waals surface area contributed by atoms with Crippen LogP contribution in [0.1, 0.15) is 12.5 Å². The molecule has 9 nitrogen and oxygen atoms in total. The number of anilines is 1. The summed E-state index contributed by atoms with van der Waals surface area (Å²) in [5.74, 6) is -3.35. The molecule has 0 unspecified atom stereocenters. The monoisotopic (exact) mass is 485 g/mol. The van der Waals surface area contributed by atoms with E-state index in [2.05, 4.69) is 14.8 Å². The van der Waals surface area contributed by atoms with E-state index in [-0.39, 0.29) is 35.8 Å². The first kappa shape index (κ1) is 24.0. The van der Waals surface area contributed by atoms with Gasteiger partial charge in [0.1, 0.15) is 23.6 Å². The van der Waals surface area contributed by atoms with Crippen LogP contribution < -0.4 is 10.2 Å². The van der Waals surface area contributed by atoms with Gasteiger partial charge in [0.05, 0.1) is 36.8 Å². The molecule has 13 heteroatoms. The van der Waals surface area contributed by atoms with Crippen LogP contribution in [0.25, 0.3) is 11.1 Å². The molecule has 2 aromatic rings. The summed E-state index contributed by atoms with van der Waals surface area (Å²) in [5.41, 5.74) is -0.949. The van der Waals surface area contributed by atoms with E-state index in [4.69, 9.17) is 4.74 Å². The van der Waals surface area contributed by atoms with Crippen molar-refractivity contribution in [3.05, 3.63) is 53.3 Å². The number of ether oxygens (including phenoxy) is 1. The van der Waals surface area contributed by atoms with Crippen molar-refractivity contribution < 1.29 is 40.2 Å². The molecule has 0 saturated carbocycles. The third-order valence-electron chi connectivity index (χ3n) is 4.45. The molecule has 33 heavy (non-hydrogen) atoms. The maximum atomic E-state index is 14.8. The molecule has 3 rings (SSSR count). The predicted octanol–water partition coefficient (Wildman–Crippen LogP) is 2.54. The number of nitrogens with zero attached hydrogens (tertiary/aromatic N) is 2. The van der Waals surface area contributed by atoms with E-state index in [0.717, 1.165) is 41.6 Å². The first-order valence-corrected chi connectivity index (χ1v) is 11.2. The Hall–Kier alpha value is -3.61. The highest BCUT2D eigenvalue weighted by Gasteiger charge is 2.33. The van der Waals surface area contributed by atoms with Gasteiger partial charge in [-0.2, -0.15) is 8.42 Å². The third kappa shape index (κ3) is 6.00. The van der Waals surface area contributed by atoms with Crippen LogP contribution in [0, 0.1) is 17.5 Å². The van der Waals surface area contributed by atoms with Gasteiger partial charge < -0.3 is 10.1 Å². The fraction of sp³-hybridized carbons (Fsp3) is 0.250.